The molecule has 0 amide bonds. The van der Waals surface area contributed by atoms with Gasteiger partial charge in [-0.2, -0.15) is 0 Å². The molecule has 0 atom stereocenters. The Morgan fingerprint density at radius 2 is 1.64 bits per heavy atom. The van der Waals surface area contributed by atoms with E-state index in [0.29, 0.717) is 10.0 Å². The highest BCUT2D eigenvalue weighted by molar-refractivity contribution is 9.10. The van der Waals surface area contributed by atoms with Gasteiger partial charge >= 0.3 is 0 Å². The molecule has 3 heteroatoms. The third-order valence-corrected chi connectivity index (χ3v) is 2.59. The summed E-state index contributed by atoms with van der Waals surface area (Å²) in [4.78, 5) is 0. The molecule has 0 bridgehead atoms. The van der Waals surface area contributed by atoms with Gasteiger partial charge in [0, 0.05) is 0 Å². The van der Waals surface area contributed by atoms with E-state index in [1.165, 1.54) is 0 Å². The monoisotopic (exact) mass is 216 g/mol. The molecule has 1 rings (SSSR count). The minimum Gasteiger partial charge on any atom is -0.504 e. The third kappa shape index (κ3) is 1.33. The molecule has 1 aromatic carbocycles. The van der Waals surface area contributed by atoms with Crippen molar-refractivity contribution in [2.24, 2.45) is 0 Å². The van der Waals surface area contributed by atoms with Crippen LogP contribution in [0.15, 0.2) is 10.5 Å². The Bertz CT molecular complexity index is 268. The van der Waals surface area contributed by atoms with E-state index in [-0.39, 0.29) is 11.5 Å². The van der Waals surface area contributed by atoms with Crippen LogP contribution in [0.2, 0.25) is 0 Å². The number of hydrogen-bond donors (Lipinski definition) is 2. The van der Waals surface area contributed by atoms with Gasteiger partial charge in [-0.1, -0.05) is 6.07 Å². The molecule has 1 aromatic rings. The first-order valence-corrected chi connectivity index (χ1v) is 4.01. The summed E-state index contributed by atoms with van der Waals surface area (Å²) in [5.74, 6) is -0.134. The molecule has 0 spiro atoms. The number of aromatic hydroxyl groups is 2. The van der Waals surface area contributed by atoms with Crippen molar-refractivity contribution >= 4 is 15.9 Å². The first-order valence-electron chi connectivity index (χ1n) is 3.21. The van der Waals surface area contributed by atoms with E-state index in [4.69, 9.17) is 0 Å². The molecule has 2 nitrogen and oxygen atoms in total. The lowest BCUT2D eigenvalue weighted by molar-refractivity contribution is 0.398. The molecule has 0 saturated heterocycles. The predicted octanol–water partition coefficient (Wildman–Crippen LogP) is 2.48. The highest BCUT2D eigenvalue weighted by Crippen LogP contribution is 2.37. The minimum atomic E-state index is -0.0810. The van der Waals surface area contributed by atoms with E-state index in [9.17, 15) is 10.2 Å². The number of benzene rings is 1. The molecule has 0 heterocycles. The first kappa shape index (κ1) is 8.40. The molecule has 0 aliphatic rings. The maximum absolute atomic E-state index is 9.27. The normalized spacial score (nSPS) is 10.1. The number of rotatable bonds is 0. The molecule has 0 saturated carbocycles. The lowest BCUT2D eigenvalue weighted by Crippen LogP contribution is -1.81. The summed E-state index contributed by atoms with van der Waals surface area (Å²) in [5.41, 5.74) is 1.60. The highest BCUT2D eigenvalue weighted by Gasteiger charge is 2.09. The topological polar surface area (TPSA) is 40.5 Å². The van der Waals surface area contributed by atoms with E-state index in [0.717, 1.165) is 5.56 Å². The average Bonchev–Trinajstić information content (AvgIpc) is 1.97. The molecule has 0 fully saturated rings. The lowest BCUT2D eigenvalue weighted by Gasteiger charge is -2.06. The van der Waals surface area contributed by atoms with Crippen LogP contribution >= 0.6 is 15.9 Å². The second-order valence-electron chi connectivity index (χ2n) is 2.52. The second kappa shape index (κ2) is 2.74. The third-order valence-electron chi connectivity index (χ3n) is 1.58. The van der Waals surface area contributed by atoms with Gasteiger partial charge in [0.15, 0.2) is 11.5 Å². The van der Waals surface area contributed by atoms with Crippen LogP contribution in [0, 0.1) is 13.8 Å². The van der Waals surface area contributed by atoms with Crippen molar-refractivity contribution in [3.05, 3.63) is 21.7 Å². The largest absolute Gasteiger partial charge is 0.504 e. The van der Waals surface area contributed by atoms with E-state index in [2.05, 4.69) is 15.9 Å². The molecule has 2 N–H and O–H groups in total. The highest BCUT2D eigenvalue weighted by atomic mass is 79.9. The van der Waals surface area contributed by atoms with Gasteiger partial charge < -0.3 is 10.2 Å². The van der Waals surface area contributed by atoms with Gasteiger partial charge in [0.05, 0.1) is 4.47 Å². The van der Waals surface area contributed by atoms with E-state index in [1.54, 1.807) is 13.0 Å². The van der Waals surface area contributed by atoms with E-state index < -0.39 is 0 Å². The molecule has 0 aliphatic heterocycles. The van der Waals surface area contributed by atoms with E-state index in [1.807, 2.05) is 6.92 Å². The van der Waals surface area contributed by atoms with Crippen LogP contribution in [0.3, 0.4) is 0 Å². The summed E-state index contributed by atoms with van der Waals surface area (Å²) in [6.07, 6.45) is 0. The Morgan fingerprint density at radius 3 is 2.18 bits per heavy atom. The van der Waals surface area contributed by atoms with Crippen molar-refractivity contribution in [3.8, 4) is 11.5 Å². The van der Waals surface area contributed by atoms with Gasteiger partial charge in [-0.05, 0) is 40.9 Å². The number of hydrogen-bond acceptors (Lipinski definition) is 2. The van der Waals surface area contributed by atoms with Crippen LogP contribution in [0.5, 0.6) is 11.5 Å². The Labute approximate surface area is 73.6 Å². The van der Waals surface area contributed by atoms with Crippen LogP contribution in [0.4, 0.5) is 0 Å². The summed E-state index contributed by atoms with van der Waals surface area (Å²) in [6, 6.07) is 1.80. The quantitative estimate of drug-likeness (QED) is 0.655. The first-order chi connectivity index (χ1) is 5.04. The molecular weight excluding hydrogens is 208 g/mol. The van der Waals surface area contributed by atoms with Crippen LogP contribution in [0.1, 0.15) is 11.1 Å². The fraction of sp³-hybridized carbons (Fsp3) is 0.250. The molecule has 0 unspecified atom stereocenters. The SMILES string of the molecule is Cc1cc(C)c(Br)c(O)c1O. The fourth-order valence-corrected chi connectivity index (χ4v) is 1.24. The van der Waals surface area contributed by atoms with Gasteiger partial charge in [0.1, 0.15) is 0 Å². The zero-order valence-electron chi connectivity index (χ0n) is 6.35. The van der Waals surface area contributed by atoms with Crippen molar-refractivity contribution in [1.29, 1.82) is 0 Å². The summed E-state index contributed by atoms with van der Waals surface area (Å²) in [5, 5.41) is 18.5. The standard InChI is InChI=1S/C8H9BrO2/c1-4-3-5(2)7(10)8(11)6(4)9/h3,10-11H,1-2H3. The Hall–Kier alpha value is -0.700. The fourth-order valence-electron chi connectivity index (χ4n) is 0.934. The maximum atomic E-state index is 9.27. The van der Waals surface area contributed by atoms with Crippen LogP contribution in [0.25, 0.3) is 0 Å². The smallest absolute Gasteiger partial charge is 0.172 e. The molecule has 0 radical (unpaired) electrons. The number of phenols is 2. The van der Waals surface area contributed by atoms with Gasteiger partial charge in [-0.25, -0.2) is 0 Å². The number of aryl methyl sites for hydroxylation is 2. The summed E-state index contributed by atoms with van der Waals surface area (Å²) in [7, 11) is 0. The number of phenolic OH excluding ortho intramolecular Hbond substituents is 2. The zero-order valence-corrected chi connectivity index (χ0v) is 7.94. The minimum absolute atomic E-state index is 0.0533. The average molecular weight is 217 g/mol. The van der Waals surface area contributed by atoms with Gasteiger partial charge in [0.2, 0.25) is 0 Å². The van der Waals surface area contributed by atoms with Crippen LogP contribution < -0.4 is 0 Å². The zero-order chi connectivity index (χ0) is 8.59. The molecule has 0 aliphatic carbocycles. The van der Waals surface area contributed by atoms with Crippen molar-refractivity contribution in [2.45, 2.75) is 13.8 Å². The molecule has 0 aromatic heterocycles. The summed E-state index contributed by atoms with van der Waals surface area (Å²) < 4.78 is 0.556. The van der Waals surface area contributed by atoms with Gasteiger partial charge in [-0.3, -0.25) is 0 Å². The molecule has 60 valence electrons. The van der Waals surface area contributed by atoms with E-state index >= 15 is 0 Å². The van der Waals surface area contributed by atoms with Crippen LogP contribution in [-0.4, -0.2) is 10.2 Å². The number of halogens is 1. The maximum Gasteiger partial charge on any atom is 0.172 e. The summed E-state index contributed by atoms with van der Waals surface area (Å²) in [6.45, 7) is 3.60. The van der Waals surface area contributed by atoms with Gasteiger partial charge in [-0.15, -0.1) is 0 Å². The van der Waals surface area contributed by atoms with Crippen molar-refractivity contribution in [1.82, 2.24) is 0 Å². The Balaban J connectivity index is 3.46. The molecular formula is C8H9BrO2. The van der Waals surface area contributed by atoms with Crippen molar-refractivity contribution in [3.63, 3.8) is 0 Å². The Kier molecular flexibility index (Phi) is 2.09. The van der Waals surface area contributed by atoms with Gasteiger partial charge in [0.25, 0.3) is 0 Å². The predicted molar refractivity (Wildman–Crippen MR) is 46.9 cm³/mol. The lowest BCUT2D eigenvalue weighted by atomic mass is 10.1. The Morgan fingerprint density at radius 1 is 1.09 bits per heavy atom. The van der Waals surface area contributed by atoms with Crippen molar-refractivity contribution < 1.29 is 10.2 Å². The second-order valence-corrected chi connectivity index (χ2v) is 3.31. The van der Waals surface area contributed by atoms with Crippen molar-refractivity contribution in [2.75, 3.05) is 0 Å². The van der Waals surface area contributed by atoms with Crippen LogP contribution in [-0.2, 0) is 0 Å². The molecule has 11 heavy (non-hydrogen) atoms. The summed E-state index contributed by atoms with van der Waals surface area (Å²) >= 11 is 3.15.